The number of furan rings is 2. The van der Waals surface area contributed by atoms with E-state index in [-0.39, 0.29) is 18.7 Å². The van der Waals surface area contributed by atoms with E-state index in [9.17, 15) is 5.11 Å². The first-order valence-corrected chi connectivity index (χ1v) is 14.4. The van der Waals surface area contributed by atoms with Gasteiger partial charge in [0.1, 0.15) is 29.3 Å². The largest absolute Gasteiger partial charge is 0.483 e. The van der Waals surface area contributed by atoms with E-state index >= 15 is 0 Å². The summed E-state index contributed by atoms with van der Waals surface area (Å²) < 4.78 is 16.2. The third-order valence-electron chi connectivity index (χ3n) is 7.49. The van der Waals surface area contributed by atoms with Gasteiger partial charge in [-0.15, -0.1) is 0 Å². The lowest BCUT2D eigenvalue weighted by Gasteiger charge is -2.32. The Kier molecular flexibility index (Phi) is 13.4. The Morgan fingerprint density at radius 2 is 1.29 bits per heavy atom. The summed E-state index contributed by atoms with van der Waals surface area (Å²) >= 11 is 5.69. The standard InChI is InChI=1S/C14H19N3O2.C8H17NO.C6H3ClN2O.CH2O2/c1-17(2)10-3-5-11(6-4-10)19-14-12-7-8-18-13(12)15-9-16-14;1-9(2)7-3-5-8(10)6-4-7;7-5-4-1-2-10-6(4)9-3-8-5;2-1-3/h7-11H,3-6H2,1-2H3;7-8,10H,3-6H2,1-2H3;1-3H;1H,(H,2,3). The number of carbonyl (C=O) groups is 1. The normalized spacial score (nSPS) is 21.9. The van der Waals surface area contributed by atoms with Crippen molar-refractivity contribution < 1.29 is 28.6 Å². The molecular formula is C29H41ClN6O6. The van der Waals surface area contributed by atoms with Crippen LogP contribution in [-0.4, -0.2) is 98.9 Å². The highest BCUT2D eigenvalue weighted by Crippen LogP contribution is 2.28. The van der Waals surface area contributed by atoms with Crippen LogP contribution in [-0.2, 0) is 4.79 Å². The number of halogens is 1. The molecule has 4 heterocycles. The number of fused-ring (bicyclic) bond motifs is 2. The van der Waals surface area contributed by atoms with Crippen molar-refractivity contribution in [3.63, 3.8) is 0 Å². The molecule has 0 unspecified atom stereocenters. The predicted octanol–water partition coefficient (Wildman–Crippen LogP) is 4.90. The van der Waals surface area contributed by atoms with Crippen molar-refractivity contribution in [3.8, 4) is 5.88 Å². The minimum absolute atomic E-state index is 0.0174. The number of ether oxygens (including phenoxy) is 1. The van der Waals surface area contributed by atoms with Crippen LogP contribution >= 0.6 is 11.6 Å². The molecule has 2 saturated carbocycles. The van der Waals surface area contributed by atoms with E-state index in [2.05, 4.69) is 57.9 Å². The zero-order valence-corrected chi connectivity index (χ0v) is 25.4. The Morgan fingerprint density at radius 3 is 1.81 bits per heavy atom. The molecule has 6 rings (SSSR count). The summed E-state index contributed by atoms with van der Waals surface area (Å²) in [5.41, 5.74) is 1.12. The van der Waals surface area contributed by atoms with Crippen LogP contribution in [0, 0.1) is 0 Å². The van der Waals surface area contributed by atoms with E-state index in [1.807, 2.05) is 6.07 Å². The van der Waals surface area contributed by atoms with Crippen molar-refractivity contribution in [1.82, 2.24) is 29.7 Å². The number of nitrogens with zero attached hydrogens (tertiary/aromatic N) is 6. The Morgan fingerprint density at radius 1 is 0.810 bits per heavy atom. The van der Waals surface area contributed by atoms with Crippen molar-refractivity contribution in [3.05, 3.63) is 42.5 Å². The molecule has 4 aromatic heterocycles. The van der Waals surface area contributed by atoms with E-state index in [0.717, 1.165) is 49.3 Å². The summed E-state index contributed by atoms with van der Waals surface area (Å²) in [5, 5.41) is 18.1. The minimum Gasteiger partial charge on any atom is -0.483 e. The predicted molar refractivity (Wildman–Crippen MR) is 160 cm³/mol. The molecule has 0 aromatic carbocycles. The second kappa shape index (κ2) is 17.0. The average molecular weight is 605 g/mol. The molecular weight excluding hydrogens is 564 g/mol. The van der Waals surface area contributed by atoms with Crippen molar-refractivity contribution >= 4 is 40.3 Å². The fourth-order valence-corrected chi connectivity index (χ4v) is 5.22. The molecule has 0 atom stereocenters. The van der Waals surface area contributed by atoms with Gasteiger partial charge in [-0.1, -0.05) is 11.6 Å². The van der Waals surface area contributed by atoms with E-state index in [4.69, 9.17) is 35.1 Å². The number of carboxylic acid groups (broad SMARTS) is 1. The smallest absolute Gasteiger partial charge is 0.290 e. The molecule has 13 heteroatoms. The first-order chi connectivity index (χ1) is 20.2. The Balaban J connectivity index is 0.000000178. The molecule has 0 aliphatic heterocycles. The van der Waals surface area contributed by atoms with Crippen molar-refractivity contribution in [2.45, 2.75) is 75.7 Å². The fourth-order valence-electron chi connectivity index (χ4n) is 5.03. The average Bonchev–Trinajstić information content (AvgIpc) is 3.66. The van der Waals surface area contributed by atoms with Gasteiger partial charge in [0.25, 0.3) is 6.47 Å². The second-order valence-electron chi connectivity index (χ2n) is 10.7. The maximum Gasteiger partial charge on any atom is 0.290 e. The summed E-state index contributed by atoms with van der Waals surface area (Å²) in [5.74, 6) is 0.645. The maximum absolute atomic E-state index is 9.19. The molecule has 0 radical (unpaired) electrons. The Bertz CT molecular complexity index is 1330. The maximum atomic E-state index is 9.19. The van der Waals surface area contributed by atoms with Gasteiger partial charge in [0.15, 0.2) is 0 Å². The minimum atomic E-state index is -0.250. The van der Waals surface area contributed by atoms with Gasteiger partial charge in [-0.05, 0) is 91.7 Å². The van der Waals surface area contributed by atoms with E-state index < -0.39 is 0 Å². The summed E-state index contributed by atoms with van der Waals surface area (Å²) in [7, 11) is 8.52. The number of aliphatic hydroxyl groups excluding tert-OH is 1. The third kappa shape index (κ3) is 9.90. The SMILES string of the molecule is CN(C)C1CCC(O)CC1.CN(C)C1CCC(Oc2ncnc3occc23)CC1.Clc1ncnc2occc12.O=CO. The van der Waals surface area contributed by atoms with Gasteiger partial charge in [-0.2, -0.15) is 0 Å². The summed E-state index contributed by atoms with van der Waals surface area (Å²) in [6, 6.07) is 4.98. The molecule has 0 saturated heterocycles. The Hall–Kier alpha value is -3.32. The summed E-state index contributed by atoms with van der Waals surface area (Å²) in [6.45, 7) is -0.250. The fraction of sp³-hybridized carbons (Fsp3) is 0.552. The number of aliphatic hydroxyl groups is 1. The molecule has 2 aliphatic carbocycles. The van der Waals surface area contributed by atoms with Crippen molar-refractivity contribution in [2.24, 2.45) is 0 Å². The zero-order chi connectivity index (χ0) is 30.5. The van der Waals surface area contributed by atoms with Crippen molar-refractivity contribution in [1.29, 1.82) is 0 Å². The number of hydrogen-bond acceptors (Lipinski definition) is 11. The van der Waals surface area contributed by atoms with E-state index in [0.29, 0.717) is 34.5 Å². The molecule has 42 heavy (non-hydrogen) atoms. The first kappa shape index (κ1) is 33.2. The number of rotatable bonds is 4. The molecule has 2 fully saturated rings. The van der Waals surface area contributed by atoms with Crippen LogP contribution in [0.3, 0.4) is 0 Å². The van der Waals surface area contributed by atoms with Crippen LogP contribution in [0.5, 0.6) is 5.88 Å². The van der Waals surface area contributed by atoms with Crippen LogP contribution in [0.15, 0.2) is 46.1 Å². The van der Waals surface area contributed by atoms with Crippen molar-refractivity contribution in [2.75, 3.05) is 28.2 Å². The highest BCUT2D eigenvalue weighted by atomic mass is 35.5. The molecule has 0 amide bonds. The quantitative estimate of drug-likeness (QED) is 0.241. The van der Waals surface area contributed by atoms with Crippen LogP contribution in [0.2, 0.25) is 5.15 Å². The van der Waals surface area contributed by atoms with Gasteiger partial charge < -0.3 is 33.6 Å². The second-order valence-corrected chi connectivity index (χ2v) is 11.0. The topological polar surface area (TPSA) is 151 Å². The molecule has 4 aromatic rings. The van der Waals surface area contributed by atoms with Gasteiger partial charge in [-0.25, -0.2) is 19.9 Å². The summed E-state index contributed by atoms with van der Waals surface area (Å²) in [4.78, 5) is 28.8. The van der Waals surface area contributed by atoms with Gasteiger partial charge in [-0.3, -0.25) is 4.79 Å². The summed E-state index contributed by atoms with van der Waals surface area (Å²) in [6.07, 6.45) is 15.1. The first-order valence-electron chi connectivity index (χ1n) is 14.0. The van der Waals surface area contributed by atoms with Crippen LogP contribution in [0.25, 0.3) is 22.2 Å². The highest BCUT2D eigenvalue weighted by molar-refractivity contribution is 6.33. The monoisotopic (exact) mass is 604 g/mol. The van der Waals surface area contributed by atoms with Crippen LogP contribution in [0.4, 0.5) is 0 Å². The Labute approximate surface area is 250 Å². The molecule has 230 valence electrons. The molecule has 2 N–H and O–H groups in total. The lowest BCUT2D eigenvalue weighted by Crippen LogP contribution is -2.35. The zero-order valence-electron chi connectivity index (χ0n) is 24.6. The molecule has 0 bridgehead atoms. The molecule has 0 spiro atoms. The lowest BCUT2D eigenvalue weighted by molar-refractivity contribution is -0.122. The lowest BCUT2D eigenvalue weighted by atomic mass is 9.92. The van der Waals surface area contributed by atoms with Crippen LogP contribution < -0.4 is 4.74 Å². The van der Waals surface area contributed by atoms with Crippen LogP contribution in [0.1, 0.15) is 51.4 Å². The number of aromatic nitrogens is 4. The van der Waals surface area contributed by atoms with Gasteiger partial charge in [0, 0.05) is 12.1 Å². The van der Waals surface area contributed by atoms with E-state index in [1.54, 1.807) is 12.3 Å². The number of hydrogen-bond donors (Lipinski definition) is 2. The van der Waals surface area contributed by atoms with E-state index in [1.165, 1.54) is 31.8 Å². The highest BCUT2D eigenvalue weighted by Gasteiger charge is 2.24. The van der Waals surface area contributed by atoms with Gasteiger partial charge in [0.2, 0.25) is 17.3 Å². The molecule has 12 nitrogen and oxygen atoms in total. The molecule has 2 aliphatic rings. The van der Waals surface area contributed by atoms with Gasteiger partial charge in [0.05, 0.1) is 24.0 Å². The van der Waals surface area contributed by atoms with Gasteiger partial charge >= 0.3 is 0 Å². The third-order valence-corrected chi connectivity index (χ3v) is 7.79.